The zero-order valence-electron chi connectivity index (χ0n) is 15.0. The number of fused-ring (bicyclic) bond motifs is 1. The van der Waals surface area contributed by atoms with Gasteiger partial charge >= 0.3 is 11.9 Å². The molecule has 0 fully saturated rings. The van der Waals surface area contributed by atoms with Gasteiger partial charge in [0.05, 0.1) is 11.7 Å². The molecule has 0 radical (unpaired) electrons. The third-order valence-corrected chi connectivity index (χ3v) is 5.27. The molecule has 1 unspecified atom stereocenters. The lowest BCUT2D eigenvalue weighted by atomic mass is 10.1. The number of carbonyl (C=O) groups excluding carboxylic acids is 1. The second-order valence-electron chi connectivity index (χ2n) is 6.33. The number of aromatic amines is 1. The van der Waals surface area contributed by atoms with Crippen LogP contribution in [0.5, 0.6) is 0 Å². The van der Waals surface area contributed by atoms with E-state index in [2.05, 4.69) is 15.3 Å². The van der Waals surface area contributed by atoms with E-state index in [1.165, 1.54) is 17.7 Å². The summed E-state index contributed by atoms with van der Waals surface area (Å²) in [4.78, 5) is 54.1. The van der Waals surface area contributed by atoms with Gasteiger partial charge in [0.2, 0.25) is 0 Å². The van der Waals surface area contributed by atoms with Crippen LogP contribution in [0.4, 0.5) is 0 Å². The lowest BCUT2D eigenvalue weighted by molar-refractivity contribution is -0.140. The van der Waals surface area contributed by atoms with Crippen molar-refractivity contribution in [3.05, 3.63) is 63.0 Å². The first kappa shape index (κ1) is 20.2. The Labute approximate surface area is 168 Å². The summed E-state index contributed by atoms with van der Waals surface area (Å²) in [6.07, 6.45) is 1.36. The molecular formula is C19H17N3O6S. The van der Waals surface area contributed by atoms with Crippen LogP contribution in [-0.2, 0) is 16.0 Å². The quantitative estimate of drug-likeness (QED) is 0.437. The van der Waals surface area contributed by atoms with Crippen LogP contribution in [0.15, 0.2) is 41.5 Å². The lowest BCUT2D eigenvalue weighted by Gasteiger charge is -2.13. The molecule has 4 N–H and O–H groups in total. The van der Waals surface area contributed by atoms with E-state index >= 15 is 0 Å². The Kier molecular flexibility index (Phi) is 6.03. The number of hydrogen-bond donors (Lipinski definition) is 4. The van der Waals surface area contributed by atoms with Crippen LogP contribution in [-0.4, -0.2) is 44.1 Å². The third kappa shape index (κ3) is 5.05. The highest BCUT2D eigenvalue weighted by molar-refractivity contribution is 7.18. The maximum absolute atomic E-state index is 12.3. The number of benzene rings is 1. The minimum Gasteiger partial charge on any atom is -0.481 e. The summed E-state index contributed by atoms with van der Waals surface area (Å²) in [6.45, 7) is 0. The number of hydrogen-bond acceptors (Lipinski definition) is 6. The fourth-order valence-corrected chi connectivity index (χ4v) is 3.78. The van der Waals surface area contributed by atoms with Crippen LogP contribution < -0.4 is 10.9 Å². The molecule has 29 heavy (non-hydrogen) atoms. The van der Waals surface area contributed by atoms with Gasteiger partial charge < -0.3 is 20.5 Å². The van der Waals surface area contributed by atoms with E-state index in [4.69, 9.17) is 10.2 Å². The van der Waals surface area contributed by atoms with Crippen molar-refractivity contribution < 1.29 is 24.6 Å². The molecule has 9 nitrogen and oxygen atoms in total. The molecule has 0 aliphatic heterocycles. The maximum Gasteiger partial charge on any atom is 0.326 e. The van der Waals surface area contributed by atoms with Crippen LogP contribution in [0, 0.1) is 0 Å². The molecule has 10 heteroatoms. The molecule has 1 aromatic carbocycles. The topological polar surface area (TPSA) is 149 Å². The molecule has 3 aromatic rings. The van der Waals surface area contributed by atoms with Crippen LogP contribution in [0.2, 0.25) is 0 Å². The van der Waals surface area contributed by atoms with Crippen LogP contribution >= 0.6 is 11.3 Å². The number of nitrogens with zero attached hydrogens (tertiary/aromatic N) is 1. The minimum absolute atomic E-state index is 0.194. The van der Waals surface area contributed by atoms with E-state index in [0.717, 1.165) is 10.4 Å². The fourth-order valence-electron chi connectivity index (χ4n) is 2.75. The van der Waals surface area contributed by atoms with E-state index in [0.29, 0.717) is 16.6 Å². The monoisotopic (exact) mass is 415 g/mol. The summed E-state index contributed by atoms with van der Waals surface area (Å²) >= 11 is 1.41. The number of carboxylic acid groups (broad SMARTS) is 2. The highest BCUT2D eigenvalue weighted by Crippen LogP contribution is 2.23. The Morgan fingerprint density at radius 2 is 1.90 bits per heavy atom. The molecule has 1 amide bonds. The zero-order valence-corrected chi connectivity index (χ0v) is 15.9. The second kappa shape index (κ2) is 8.65. The van der Waals surface area contributed by atoms with Gasteiger partial charge in [0, 0.05) is 23.3 Å². The van der Waals surface area contributed by atoms with E-state index in [-0.39, 0.29) is 24.0 Å². The number of carboxylic acids is 2. The Hall–Kier alpha value is -3.53. The summed E-state index contributed by atoms with van der Waals surface area (Å²) in [5.74, 6) is -3.01. The highest BCUT2D eigenvalue weighted by Gasteiger charge is 2.21. The van der Waals surface area contributed by atoms with Gasteiger partial charge in [-0.1, -0.05) is 12.1 Å². The number of H-pyrrole nitrogens is 1. The van der Waals surface area contributed by atoms with E-state index in [1.54, 1.807) is 30.3 Å². The molecule has 1 atom stereocenters. The largest absolute Gasteiger partial charge is 0.481 e. The number of aliphatic carboxylic acids is 2. The number of rotatable bonds is 8. The number of nitrogens with one attached hydrogen (secondary N) is 2. The van der Waals surface area contributed by atoms with Crippen molar-refractivity contribution in [2.75, 3.05) is 0 Å². The van der Waals surface area contributed by atoms with Gasteiger partial charge in [-0.05, 0) is 30.2 Å². The highest BCUT2D eigenvalue weighted by atomic mass is 32.1. The van der Waals surface area contributed by atoms with Crippen molar-refractivity contribution in [3.8, 4) is 0 Å². The van der Waals surface area contributed by atoms with Gasteiger partial charge in [0.25, 0.3) is 11.5 Å². The van der Waals surface area contributed by atoms with Gasteiger partial charge in [-0.25, -0.2) is 9.78 Å². The Bertz CT molecular complexity index is 1120. The Morgan fingerprint density at radius 1 is 1.17 bits per heavy atom. The third-order valence-electron chi connectivity index (χ3n) is 4.23. The summed E-state index contributed by atoms with van der Waals surface area (Å²) in [5.41, 5.74) is 0.982. The Balaban J connectivity index is 1.67. The van der Waals surface area contributed by atoms with Crippen LogP contribution in [0.1, 0.15) is 33.6 Å². The predicted molar refractivity (Wildman–Crippen MR) is 105 cm³/mol. The van der Waals surface area contributed by atoms with Crippen molar-refractivity contribution >= 4 is 39.4 Å². The first-order valence-corrected chi connectivity index (χ1v) is 9.45. The summed E-state index contributed by atoms with van der Waals surface area (Å²) < 4.78 is 0. The summed E-state index contributed by atoms with van der Waals surface area (Å²) in [5, 5.41) is 20.7. The molecule has 3 rings (SSSR count). The average Bonchev–Trinajstić information content (AvgIpc) is 3.09. The molecule has 0 aliphatic rings. The first-order chi connectivity index (χ1) is 13.8. The van der Waals surface area contributed by atoms with Crippen LogP contribution in [0.25, 0.3) is 10.2 Å². The van der Waals surface area contributed by atoms with E-state index in [9.17, 15) is 19.2 Å². The van der Waals surface area contributed by atoms with Gasteiger partial charge in [0.1, 0.15) is 10.9 Å². The second-order valence-corrected chi connectivity index (χ2v) is 7.45. The van der Waals surface area contributed by atoms with Gasteiger partial charge in [0.15, 0.2) is 0 Å². The minimum atomic E-state index is -1.29. The van der Waals surface area contributed by atoms with Gasteiger partial charge in [-0.2, -0.15) is 0 Å². The molecule has 0 saturated heterocycles. The number of aromatic nitrogens is 2. The molecule has 150 valence electrons. The fraction of sp³-hybridized carbons (Fsp3) is 0.211. The summed E-state index contributed by atoms with van der Waals surface area (Å²) in [7, 11) is 0. The zero-order chi connectivity index (χ0) is 21.0. The normalized spacial score (nSPS) is 11.9. The molecule has 0 aliphatic carbocycles. The SMILES string of the molecule is O=C(O)CCC(NC(=O)c1ccc(Cc2cc3c(=O)[nH]cnc3s2)cc1)C(=O)O. The van der Waals surface area contributed by atoms with Crippen molar-refractivity contribution in [1.82, 2.24) is 15.3 Å². The standard InChI is InChI=1S/C19H17N3O6S/c23-15(24)6-5-14(19(27)28)22-16(25)11-3-1-10(2-4-11)7-12-8-13-17(26)20-9-21-18(13)29-12/h1-4,8-9,14H,5-7H2,(H,22,25)(H,23,24)(H,27,28)(H,20,21,26). The Morgan fingerprint density at radius 3 is 2.52 bits per heavy atom. The maximum atomic E-state index is 12.3. The van der Waals surface area contributed by atoms with Gasteiger partial charge in [-0.15, -0.1) is 11.3 Å². The molecule has 0 spiro atoms. The smallest absolute Gasteiger partial charge is 0.326 e. The number of thiophene rings is 1. The van der Waals surface area contributed by atoms with Crippen LogP contribution in [0.3, 0.4) is 0 Å². The van der Waals surface area contributed by atoms with E-state index in [1.807, 2.05) is 0 Å². The average molecular weight is 415 g/mol. The molecule has 0 saturated carbocycles. The number of carbonyl (C=O) groups is 3. The summed E-state index contributed by atoms with van der Waals surface area (Å²) in [6, 6.07) is 7.13. The van der Waals surface area contributed by atoms with Crippen molar-refractivity contribution in [1.29, 1.82) is 0 Å². The van der Waals surface area contributed by atoms with Gasteiger partial charge in [-0.3, -0.25) is 14.4 Å². The molecule has 2 aromatic heterocycles. The molecule has 0 bridgehead atoms. The molecule has 2 heterocycles. The predicted octanol–water partition coefficient (Wildman–Crippen LogP) is 1.62. The van der Waals surface area contributed by atoms with E-state index < -0.39 is 23.9 Å². The van der Waals surface area contributed by atoms with Crippen molar-refractivity contribution in [2.24, 2.45) is 0 Å². The van der Waals surface area contributed by atoms with Crippen molar-refractivity contribution in [3.63, 3.8) is 0 Å². The number of amides is 1. The first-order valence-electron chi connectivity index (χ1n) is 8.64. The molecular weight excluding hydrogens is 398 g/mol. The van der Waals surface area contributed by atoms with Crippen molar-refractivity contribution in [2.45, 2.75) is 25.3 Å². The lowest BCUT2D eigenvalue weighted by Crippen LogP contribution is -2.41.